The summed E-state index contributed by atoms with van der Waals surface area (Å²) in [6.07, 6.45) is 1.60. The van der Waals surface area contributed by atoms with E-state index in [4.69, 9.17) is 0 Å². The van der Waals surface area contributed by atoms with Crippen molar-refractivity contribution in [1.82, 2.24) is 9.97 Å². The van der Waals surface area contributed by atoms with Gasteiger partial charge in [-0.15, -0.1) is 23.1 Å². The Morgan fingerprint density at radius 2 is 2.05 bits per heavy atom. The third-order valence-electron chi connectivity index (χ3n) is 2.98. The Labute approximate surface area is 130 Å². The van der Waals surface area contributed by atoms with Crippen LogP contribution in [0.5, 0.6) is 0 Å². The monoisotopic (exact) mass is 316 g/mol. The van der Waals surface area contributed by atoms with E-state index in [0.29, 0.717) is 5.56 Å². The lowest BCUT2D eigenvalue weighted by molar-refractivity contribution is 0.0600. The Bertz CT molecular complexity index is 769. The van der Waals surface area contributed by atoms with Gasteiger partial charge in [-0.1, -0.05) is 12.1 Å². The van der Waals surface area contributed by atoms with E-state index in [9.17, 15) is 4.79 Å². The first-order chi connectivity index (χ1) is 10.3. The van der Waals surface area contributed by atoms with E-state index in [1.54, 1.807) is 41.6 Å². The number of hydrogen-bond donors (Lipinski definition) is 0. The van der Waals surface area contributed by atoms with E-state index >= 15 is 0 Å². The number of fused-ring (bicyclic) bond motifs is 1. The molecule has 6 heteroatoms. The molecule has 0 aliphatic heterocycles. The molecule has 0 N–H and O–H groups in total. The van der Waals surface area contributed by atoms with Crippen LogP contribution in [0.2, 0.25) is 0 Å². The highest BCUT2D eigenvalue weighted by Gasteiger charge is 2.07. The summed E-state index contributed by atoms with van der Waals surface area (Å²) in [5.41, 5.74) is 1.70. The average Bonchev–Trinajstić information content (AvgIpc) is 3.02. The van der Waals surface area contributed by atoms with Gasteiger partial charge in [0.1, 0.15) is 16.2 Å². The summed E-state index contributed by atoms with van der Waals surface area (Å²) < 4.78 is 4.68. The number of esters is 1. The fourth-order valence-corrected chi connectivity index (χ4v) is 3.62. The minimum atomic E-state index is -0.315. The van der Waals surface area contributed by atoms with Gasteiger partial charge in [-0.25, -0.2) is 14.8 Å². The number of carbonyl (C=O) groups is 1. The zero-order valence-corrected chi connectivity index (χ0v) is 12.9. The van der Waals surface area contributed by atoms with Gasteiger partial charge in [0.15, 0.2) is 0 Å². The summed E-state index contributed by atoms with van der Waals surface area (Å²) in [6, 6.07) is 9.48. The zero-order chi connectivity index (χ0) is 14.7. The van der Waals surface area contributed by atoms with Gasteiger partial charge in [0, 0.05) is 11.1 Å². The molecule has 0 bridgehead atoms. The SMILES string of the molecule is COC(=O)c1ccc(CSc2ncnc3sccc23)cc1. The molecule has 4 nitrogen and oxygen atoms in total. The molecule has 2 aromatic heterocycles. The molecule has 0 amide bonds. The van der Waals surface area contributed by atoms with Gasteiger partial charge in [0.25, 0.3) is 0 Å². The van der Waals surface area contributed by atoms with Gasteiger partial charge in [-0.2, -0.15) is 0 Å². The number of rotatable bonds is 4. The van der Waals surface area contributed by atoms with Crippen LogP contribution in [0.3, 0.4) is 0 Å². The third kappa shape index (κ3) is 3.06. The molecule has 0 radical (unpaired) electrons. The molecule has 0 aliphatic rings. The number of ether oxygens (including phenoxy) is 1. The van der Waals surface area contributed by atoms with Crippen LogP contribution in [-0.2, 0) is 10.5 Å². The summed E-state index contributed by atoms with van der Waals surface area (Å²) in [6.45, 7) is 0. The van der Waals surface area contributed by atoms with Gasteiger partial charge < -0.3 is 4.74 Å². The number of thiophene rings is 1. The predicted molar refractivity (Wildman–Crippen MR) is 84.8 cm³/mol. The third-order valence-corrected chi connectivity index (χ3v) is 4.87. The highest BCUT2D eigenvalue weighted by Crippen LogP contribution is 2.29. The molecule has 0 unspecified atom stereocenters. The van der Waals surface area contributed by atoms with Crippen molar-refractivity contribution in [3.63, 3.8) is 0 Å². The first-order valence-electron chi connectivity index (χ1n) is 6.26. The second-order valence-electron chi connectivity index (χ2n) is 4.30. The number of carbonyl (C=O) groups excluding carboxylic acids is 1. The van der Waals surface area contributed by atoms with Crippen LogP contribution in [0.15, 0.2) is 47.1 Å². The molecule has 106 valence electrons. The summed E-state index contributed by atoms with van der Waals surface area (Å²) in [5.74, 6) is 0.480. The first-order valence-corrected chi connectivity index (χ1v) is 8.12. The molecular weight excluding hydrogens is 304 g/mol. The van der Waals surface area contributed by atoms with Crippen LogP contribution in [0, 0.1) is 0 Å². The first kappa shape index (κ1) is 14.0. The van der Waals surface area contributed by atoms with Crippen LogP contribution >= 0.6 is 23.1 Å². The van der Waals surface area contributed by atoms with Crippen molar-refractivity contribution in [2.24, 2.45) is 0 Å². The van der Waals surface area contributed by atoms with Crippen LogP contribution in [0.1, 0.15) is 15.9 Å². The Hall–Kier alpha value is -1.92. The van der Waals surface area contributed by atoms with Crippen molar-refractivity contribution in [3.8, 4) is 0 Å². The highest BCUT2D eigenvalue weighted by molar-refractivity contribution is 7.98. The van der Waals surface area contributed by atoms with Crippen LogP contribution in [-0.4, -0.2) is 23.0 Å². The normalized spacial score (nSPS) is 10.7. The van der Waals surface area contributed by atoms with Gasteiger partial charge in [0.05, 0.1) is 12.7 Å². The number of methoxy groups -OCH3 is 1. The number of hydrogen-bond acceptors (Lipinski definition) is 6. The van der Waals surface area contributed by atoms with Gasteiger partial charge in [-0.05, 0) is 29.1 Å². The quantitative estimate of drug-likeness (QED) is 0.416. The zero-order valence-electron chi connectivity index (χ0n) is 11.3. The smallest absolute Gasteiger partial charge is 0.337 e. The molecule has 21 heavy (non-hydrogen) atoms. The van der Waals surface area contributed by atoms with Crippen LogP contribution < -0.4 is 0 Å². The van der Waals surface area contributed by atoms with Gasteiger partial charge in [0.2, 0.25) is 0 Å². The van der Waals surface area contributed by atoms with E-state index in [2.05, 4.69) is 14.7 Å². The molecule has 0 aliphatic carbocycles. The molecule has 0 saturated carbocycles. The Balaban J connectivity index is 1.73. The second-order valence-corrected chi connectivity index (χ2v) is 6.15. The summed E-state index contributed by atoms with van der Waals surface area (Å²) >= 11 is 3.28. The average molecular weight is 316 g/mol. The predicted octanol–water partition coefficient (Wildman–Crippen LogP) is 3.77. The van der Waals surface area contributed by atoms with Crippen molar-refractivity contribution < 1.29 is 9.53 Å². The van der Waals surface area contributed by atoms with E-state index in [-0.39, 0.29) is 5.97 Å². The summed E-state index contributed by atoms with van der Waals surface area (Å²) in [4.78, 5) is 21.0. The molecule has 0 saturated heterocycles. The van der Waals surface area contributed by atoms with Crippen LogP contribution in [0.4, 0.5) is 0 Å². The maximum atomic E-state index is 11.4. The highest BCUT2D eigenvalue weighted by atomic mass is 32.2. The van der Waals surface area contributed by atoms with Crippen molar-refractivity contribution in [3.05, 3.63) is 53.2 Å². The minimum absolute atomic E-state index is 0.315. The molecule has 1 aromatic carbocycles. The second kappa shape index (κ2) is 6.24. The van der Waals surface area contributed by atoms with Crippen molar-refractivity contribution >= 4 is 39.3 Å². The maximum Gasteiger partial charge on any atom is 0.337 e. The molecular formula is C15H12N2O2S2. The maximum absolute atomic E-state index is 11.4. The lowest BCUT2D eigenvalue weighted by Gasteiger charge is -2.04. The van der Waals surface area contributed by atoms with Crippen LogP contribution in [0.25, 0.3) is 10.2 Å². The Morgan fingerprint density at radius 3 is 2.81 bits per heavy atom. The number of benzene rings is 1. The molecule has 0 atom stereocenters. The van der Waals surface area contributed by atoms with E-state index < -0.39 is 0 Å². The standard InChI is InChI=1S/C15H12N2O2S2/c1-19-15(18)11-4-2-10(3-5-11)8-21-14-12-6-7-20-13(12)16-9-17-14/h2-7,9H,8H2,1H3. The number of thioether (sulfide) groups is 1. The van der Waals surface area contributed by atoms with E-state index in [0.717, 1.165) is 26.6 Å². The van der Waals surface area contributed by atoms with Crippen molar-refractivity contribution in [2.75, 3.05) is 7.11 Å². The Morgan fingerprint density at radius 1 is 1.24 bits per heavy atom. The topological polar surface area (TPSA) is 52.1 Å². The lowest BCUT2D eigenvalue weighted by Crippen LogP contribution is -2.00. The van der Waals surface area contributed by atoms with Gasteiger partial charge in [-0.3, -0.25) is 0 Å². The molecule has 3 aromatic rings. The van der Waals surface area contributed by atoms with Crippen molar-refractivity contribution in [1.29, 1.82) is 0 Å². The van der Waals surface area contributed by atoms with E-state index in [1.165, 1.54) is 7.11 Å². The Kier molecular flexibility index (Phi) is 4.17. The summed E-state index contributed by atoms with van der Waals surface area (Å²) in [7, 11) is 1.38. The lowest BCUT2D eigenvalue weighted by atomic mass is 10.1. The summed E-state index contributed by atoms with van der Waals surface area (Å²) in [5, 5.41) is 4.10. The van der Waals surface area contributed by atoms with Crippen molar-refractivity contribution in [2.45, 2.75) is 10.8 Å². The van der Waals surface area contributed by atoms with E-state index in [1.807, 2.05) is 23.6 Å². The largest absolute Gasteiger partial charge is 0.465 e. The molecule has 0 spiro atoms. The molecule has 0 fully saturated rings. The molecule has 2 heterocycles. The fourth-order valence-electron chi connectivity index (χ4n) is 1.89. The minimum Gasteiger partial charge on any atom is -0.465 e. The number of nitrogens with zero attached hydrogens (tertiary/aromatic N) is 2. The fraction of sp³-hybridized carbons (Fsp3) is 0.133. The van der Waals surface area contributed by atoms with Gasteiger partial charge >= 0.3 is 5.97 Å². The molecule has 3 rings (SSSR count). The number of aromatic nitrogens is 2.